The molecule has 0 amide bonds. The third-order valence-corrected chi connectivity index (χ3v) is 4.16. The normalized spacial score (nSPS) is 17.8. The molecule has 0 saturated heterocycles. The van der Waals surface area contributed by atoms with E-state index >= 15 is 0 Å². The van der Waals surface area contributed by atoms with Gasteiger partial charge in [-0.05, 0) is 49.9 Å². The molecule has 2 nitrogen and oxygen atoms in total. The summed E-state index contributed by atoms with van der Waals surface area (Å²) in [6.45, 7) is 4.35. The van der Waals surface area contributed by atoms with E-state index in [0.29, 0.717) is 6.04 Å². The molecule has 0 spiro atoms. The molecular weight excluding hydrogens is 208 g/mol. The summed E-state index contributed by atoms with van der Waals surface area (Å²) in [6, 6.07) is 5.19. The second kappa shape index (κ2) is 4.17. The Hall–Kier alpha value is -1.31. The van der Waals surface area contributed by atoms with Crippen LogP contribution in [0.4, 0.5) is 0 Å². The summed E-state index contributed by atoms with van der Waals surface area (Å²) in [7, 11) is 0. The van der Waals surface area contributed by atoms with Gasteiger partial charge in [0.15, 0.2) is 0 Å². The minimum atomic E-state index is 0.677. The minimum absolute atomic E-state index is 0.677. The number of rotatable bonds is 1. The highest BCUT2D eigenvalue weighted by Crippen LogP contribution is 2.31. The molecule has 0 N–H and O–H groups in total. The average molecular weight is 228 g/mol. The molecule has 1 aliphatic carbocycles. The largest absolute Gasteiger partial charge is 0.327 e. The van der Waals surface area contributed by atoms with Crippen molar-refractivity contribution in [1.82, 2.24) is 9.55 Å². The van der Waals surface area contributed by atoms with E-state index in [2.05, 4.69) is 35.5 Å². The predicted octanol–water partition coefficient (Wildman–Crippen LogP) is 4.16. The van der Waals surface area contributed by atoms with E-state index in [9.17, 15) is 0 Å². The first-order valence-electron chi connectivity index (χ1n) is 6.69. The molecule has 0 atom stereocenters. The van der Waals surface area contributed by atoms with Gasteiger partial charge in [0.1, 0.15) is 0 Å². The summed E-state index contributed by atoms with van der Waals surface area (Å²) < 4.78 is 2.40. The maximum atomic E-state index is 4.56. The molecule has 3 rings (SSSR count). The SMILES string of the molecule is Cc1cc2ncn(C3CCCCC3)c2cc1C. The Bertz CT molecular complexity index is 533. The Balaban J connectivity index is 2.07. The highest BCUT2D eigenvalue weighted by molar-refractivity contribution is 5.77. The van der Waals surface area contributed by atoms with Crippen LogP contribution in [0.1, 0.15) is 49.3 Å². The quantitative estimate of drug-likeness (QED) is 0.716. The van der Waals surface area contributed by atoms with E-state index in [0.717, 1.165) is 5.52 Å². The van der Waals surface area contributed by atoms with Crippen LogP contribution in [0.15, 0.2) is 18.5 Å². The number of aryl methyl sites for hydroxylation is 2. The number of imidazole rings is 1. The molecule has 1 heterocycles. The van der Waals surface area contributed by atoms with Crippen molar-refractivity contribution in [1.29, 1.82) is 0 Å². The lowest BCUT2D eigenvalue weighted by molar-refractivity contribution is 0.359. The van der Waals surface area contributed by atoms with Crippen LogP contribution in [0.2, 0.25) is 0 Å². The van der Waals surface area contributed by atoms with Gasteiger partial charge in [-0.1, -0.05) is 19.3 Å². The van der Waals surface area contributed by atoms with E-state index in [1.54, 1.807) is 0 Å². The molecule has 0 aliphatic heterocycles. The summed E-state index contributed by atoms with van der Waals surface area (Å²) in [5, 5.41) is 0. The zero-order valence-electron chi connectivity index (χ0n) is 10.7. The van der Waals surface area contributed by atoms with Crippen molar-refractivity contribution in [3.05, 3.63) is 29.6 Å². The van der Waals surface area contributed by atoms with Crippen molar-refractivity contribution in [2.24, 2.45) is 0 Å². The van der Waals surface area contributed by atoms with Gasteiger partial charge >= 0.3 is 0 Å². The summed E-state index contributed by atoms with van der Waals surface area (Å²) in [6.07, 6.45) is 8.82. The molecule has 2 heteroatoms. The monoisotopic (exact) mass is 228 g/mol. The zero-order chi connectivity index (χ0) is 11.8. The van der Waals surface area contributed by atoms with Gasteiger partial charge in [-0.15, -0.1) is 0 Å². The summed E-state index contributed by atoms with van der Waals surface area (Å²) in [5.41, 5.74) is 5.18. The summed E-state index contributed by atoms with van der Waals surface area (Å²) in [4.78, 5) is 4.56. The molecule has 90 valence electrons. The Morgan fingerprint density at radius 2 is 1.76 bits per heavy atom. The van der Waals surface area contributed by atoms with Crippen molar-refractivity contribution >= 4 is 11.0 Å². The number of hydrogen-bond donors (Lipinski definition) is 0. The maximum absolute atomic E-state index is 4.56. The van der Waals surface area contributed by atoms with Crippen molar-refractivity contribution in [3.8, 4) is 0 Å². The third kappa shape index (κ3) is 1.86. The highest BCUT2D eigenvalue weighted by atomic mass is 15.1. The van der Waals surface area contributed by atoms with Gasteiger partial charge in [-0.25, -0.2) is 4.98 Å². The van der Waals surface area contributed by atoms with E-state index in [1.807, 2.05) is 6.33 Å². The smallest absolute Gasteiger partial charge is 0.0960 e. The third-order valence-electron chi connectivity index (χ3n) is 4.16. The van der Waals surface area contributed by atoms with E-state index in [-0.39, 0.29) is 0 Å². The fraction of sp³-hybridized carbons (Fsp3) is 0.533. The Kier molecular flexibility index (Phi) is 2.65. The number of benzene rings is 1. The maximum Gasteiger partial charge on any atom is 0.0960 e. The molecule has 17 heavy (non-hydrogen) atoms. The molecule has 1 aliphatic rings. The summed E-state index contributed by atoms with van der Waals surface area (Å²) >= 11 is 0. The van der Waals surface area contributed by atoms with E-state index in [1.165, 1.54) is 48.7 Å². The first-order chi connectivity index (χ1) is 8.25. The number of nitrogens with zero attached hydrogens (tertiary/aromatic N) is 2. The standard InChI is InChI=1S/C15H20N2/c1-11-8-14-15(9-12(11)2)17(10-16-14)13-6-4-3-5-7-13/h8-10,13H,3-7H2,1-2H3. The molecule has 1 fully saturated rings. The molecule has 0 bridgehead atoms. The first kappa shape index (κ1) is 10.8. The van der Waals surface area contributed by atoms with Gasteiger partial charge in [-0.3, -0.25) is 0 Å². The first-order valence-corrected chi connectivity index (χ1v) is 6.69. The fourth-order valence-corrected chi connectivity index (χ4v) is 2.93. The molecule has 1 aromatic carbocycles. The summed E-state index contributed by atoms with van der Waals surface area (Å²) in [5.74, 6) is 0. The van der Waals surface area contributed by atoms with Crippen LogP contribution < -0.4 is 0 Å². The molecule has 1 aromatic heterocycles. The topological polar surface area (TPSA) is 17.8 Å². The Labute approximate surface area is 103 Å². The van der Waals surface area contributed by atoms with Gasteiger partial charge < -0.3 is 4.57 Å². The second-order valence-electron chi connectivity index (χ2n) is 5.37. The van der Waals surface area contributed by atoms with Crippen LogP contribution in [-0.2, 0) is 0 Å². The lowest BCUT2D eigenvalue weighted by Crippen LogP contribution is -2.11. The fourth-order valence-electron chi connectivity index (χ4n) is 2.93. The van der Waals surface area contributed by atoms with Crippen molar-refractivity contribution in [2.45, 2.75) is 52.0 Å². The van der Waals surface area contributed by atoms with Crippen molar-refractivity contribution in [3.63, 3.8) is 0 Å². The van der Waals surface area contributed by atoms with Gasteiger partial charge in [0.25, 0.3) is 0 Å². The average Bonchev–Trinajstić information content (AvgIpc) is 2.74. The van der Waals surface area contributed by atoms with Crippen LogP contribution in [-0.4, -0.2) is 9.55 Å². The minimum Gasteiger partial charge on any atom is -0.327 e. The molecular formula is C15H20N2. The van der Waals surface area contributed by atoms with Gasteiger partial charge in [0.2, 0.25) is 0 Å². The van der Waals surface area contributed by atoms with Crippen LogP contribution in [0.5, 0.6) is 0 Å². The van der Waals surface area contributed by atoms with E-state index < -0.39 is 0 Å². The number of fused-ring (bicyclic) bond motifs is 1. The molecule has 2 aromatic rings. The lowest BCUT2D eigenvalue weighted by Gasteiger charge is -2.23. The zero-order valence-corrected chi connectivity index (χ0v) is 10.7. The van der Waals surface area contributed by atoms with Crippen LogP contribution in [0.25, 0.3) is 11.0 Å². The Morgan fingerprint density at radius 3 is 2.53 bits per heavy atom. The molecule has 0 unspecified atom stereocenters. The van der Waals surface area contributed by atoms with Gasteiger partial charge in [0, 0.05) is 6.04 Å². The highest BCUT2D eigenvalue weighted by Gasteiger charge is 2.17. The van der Waals surface area contributed by atoms with Crippen LogP contribution in [0, 0.1) is 13.8 Å². The van der Waals surface area contributed by atoms with E-state index in [4.69, 9.17) is 0 Å². The van der Waals surface area contributed by atoms with Crippen LogP contribution in [0.3, 0.4) is 0 Å². The molecule has 1 saturated carbocycles. The lowest BCUT2D eigenvalue weighted by atomic mass is 9.95. The second-order valence-corrected chi connectivity index (χ2v) is 5.37. The van der Waals surface area contributed by atoms with Crippen molar-refractivity contribution < 1.29 is 0 Å². The predicted molar refractivity (Wildman–Crippen MR) is 71.3 cm³/mol. The van der Waals surface area contributed by atoms with Crippen LogP contribution >= 0.6 is 0 Å². The van der Waals surface area contributed by atoms with Crippen molar-refractivity contribution in [2.75, 3.05) is 0 Å². The Morgan fingerprint density at radius 1 is 1.06 bits per heavy atom. The van der Waals surface area contributed by atoms with Gasteiger partial charge in [0.05, 0.1) is 17.4 Å². The number of hydrogen-bond acceptors (Lipinski definition) is 1. The molecule has 0 radical (unpaired) electrons. The number of aromatic nitrogens is 2. The van der Waals surface area contributed by atoms with Gasteiger partial charge in [-0.2, -0.15) is 0 Å².